The SMILES string of the molecule is COc1ccc(-c2c3c(cc4c2CCC4)CC(C)=C3)c(C(C)(C)C)c1C(C)(C)C. The van der Waals surface area contributed by atoms with Crippen molar-refractivity contribution in [1.29, 1.82) is 0 Å². The maximum Gasteiger partial charge on any atom is 0.122 e. The van der Waals surface area contributed by atoms with Gasteiger partial charge in [-0.05, 0) is 88.4 Å². The lowest BCUT2D eigenvalue weighted by atomic mass is 9.70. The van der Waals surface area contributed by atoms with Gasteiger partial charge in [-0.3, -0.25) is 0 Å². The first kappa shape index (κ1) is 20.3. The van der Waals surface area contributed by atoms with E-state index < -0.39 is 0 Å². The summed E-state index contributed by atoms with van der Waals surface area (Å²) in [4.78, 5) is 0. The van der Waals surface area contributed by atoms with E-state index in [1.54, 1.807) is 18.2 Å². The third kappa shape index (κ3) is 3.33. The van der Waals surface area contributed by atoms with Gasteiger partial charge in [0.1, 0.15) is 5.75 Å². The molecule has 0 saturated heterocycles. The van der Waals surface area contributed by atoms with Gasteiger partial charge in [-0.2, -0.15) is 0 Å². The van der Waals surface area contributed by atoms with Gasteiger partial charge in [0.25, 0.3) is 0 Å². The van der Waals surface area contributed by atoms with Crippen LogP contribution >= 0.6 is 0 Å². The molecule has 154 valence electrons. The van der Waals surface area contributed by atoms with Gasteiger partial charge in [0.2, 0.25) is 0 Å². The zero-order valence-electron chi connectivity index (χ0n) is 19.5. The molecule has 1 heteroatoms. The predicted molar refractivity (Wildman–Crippen MR) is 125 cm³/mol. The molecule has 0 N–H and O–H groups in total. The lowest BCUT2D eigenvalue weighted by molar-refractivity contribution is 0.392. The van der Waals surface area contributed by atoms with E-state index in [2.05, 4.69) is 72.7 Å². The molecule has 0 atom stereocenters. The number of methoxy groups -OCH3 is 1. The van der Waals surface area contributed by atoms with Crippen LogP contribution in [0.15, 0.2) is 23.8 Å². The van der Waals surface area contributed by atoms with Gasteiger partial charge in [-0.15, -0.1) is 0 Å². The predicted octanol–water partition coefficient (Wildman–Crippen LogP) is 7.41. The molecule has 2 aromatic rings. The molecule has 0 saturated carbocycles. The number of benzene rings is 2. The minimum atomic E-state index is 0.0108. The quantitative estimate of drug-likeness (QED) is 0.520. The van der Waals surface area contributed by atoms with E-state index in [0.717, 1.165) is 12.2 Å². The maximum atomic E-state index is 5.89. The standard InChI is InChI=1S/C28H36O/c1-17-14-19-16-18-10-9-11-20(18)24(22(19)15-17)21-12-13-23(29-8)26(28(5,6)7)25(21)27(2,3)4/h12-13,15-16H,9-11,14H2,1-8H3. The molecule has 1 nitrogen and oxygen atoms in total. The fourth-order valence-electron chi connectivity index (χ4n) is 5.53. The van der Waals surface area contributed by atoms with Crippen LogP contribution in [0, 0.1) is 0 Å². The molecule has 0 spiro atoms. The number of rotatable bonds is 2. The first-order valence-corrected chi connectivity index (χ1v) is 11.1. The smallest absolute Gasteiger partial charge is 0.122 e. The van der Waals surface area contributed by atoms with Crippen molar-refractivity contribution in [2.24, 2.45) is 0 Å². The Morgan fingerprint density at radius 2 is 1.55 bits per heavy atom. The van der Waals surface area contributed by atoms with E-state index in [9.17, 15) is 0 Å². The summed E-state index contributed by atoms with van der Waals surface area (Å²) < 4.78 is 5.89. The minimum absolute atomic E-state index is 0.0108. The molecule has 0 heterocycles. The van der Waals surface area contributed by atoms with Crippen LogP contribution in [0.5, 0.6) is 5.75 Å². The van der Waals surface area contributed by atoms with Gasteiger partial charge in [-0.1, -0.05) is 65.3 Å². The molecule has 2 aromatic carbocycles. The average Bonchev–Trinajstić information content (AvgIpc) is 3.21. The number of ether oxygens (including phenoxy) is 1. The van der Waals surface area contributed by atoms with Crippen LogP contribution in [0.25, 0.3) is 17.2 Å². The molecule has 2 aliphatic carbocycles. The molecule has 0 fully saturated rings. The molecule has 0 amide bonds. The van der Waals surface area contributed by atoms with Gasteiger partial charge in [-0.25, -0.2) is 0 Å². The van der Waals surface area contributed by atoms with Crippen LogP contribution in [-0.4, -0.2) is 7.11 Å². The number of allylic oxidation sites excluding steroid dienone is 1. The Bertz CT molecular complexity index is 1010. The number of hydrogen-bond donors (Lipinski definition) is 0. The molecule has 4 rings (SSSR count). The molecular formula is C28H36O. The Balaban J connectivity index is 2.14. The highest BCUT2D eigenvalue weighted by atomic mass is 16.5. The van der Waals surface area contributed by atoms with Crippen molar-refractivity contribution < 1.29 is 4.74 Å². The van der Waals surface area contributed by atoms with E-state index in [4.69, 9.17) is 4.74 Å². The first-order chi connectivity index (χ1) is 13.5. The second kappa shape index (κ2) is 6.76. The van der Waals surface area contributed by atoms with Crippen molar-refractivity contribution in [2.45, 2.75) is 85.0 Å². The van der Waals surface area contributed by atoms with Crippen LogP contribution in [0.1, 0.15) is 88.3 Å². The Kier molecular flexibility index (Phi) is 4.72. The molecular weight excluding hydrogens is 352 g/mol. The van der Waals surface area contributed by atoms with Crippen LogP contribution in [0.3, 0.4) is 0 Å². The summed E-state index contributed by atoms with van der Waals surface area (Å²) in [6.07, 6.45) is 7.24. The lowest BCUT2D eigenvalue weighted by Gasteiger charge is -2.34. The van der Waals surface area contributed by atoms with Gasteiger partial charge in [0.15, 0.2) is 0 Å². The summed E-state index contributed by atoms with van der Waals surface area (Å²) in [6.45, 7) is 16.3. The summed E-state index contributed by atoms with van der Waals surface area (Å²) in [5.74, 6) is 1.02. The zero-order chi connectivity index (χ0) is 21.1. The highest BCUT2D eigenvalue weighted by Crippen LogP contribution is 2.49. The Morgan fingerprint density at radius 1 is 0.862 bits per heavy atom. The highest BCUT2D eigenvalue weighted by molar-refractivity contribution is 5.87. The van der Waals surface area contributed by atoms with Crippen LogP contribution < -0.4 is 4.74 Å². The van der Waals surface area contributed by atoms with Crippen LogP contribution in [0.4, 0.5) is 0 Å². The second-order valence-corrected chi connectivity index (χ2v) is 11.0. The largest absolute Gasteiger partial charge is 0.496 e. The Labute approximate surface area is 177 Å². The summed E-state index contributed by atoms with van der Waals surface area (Å²) >= 11 is 0. The highest BCUT2D eigenvalue weighted by Gasteiger charge is 2.34. The third-order valence-electron chi connectivity index (χ3n) is 6.54. The van der Waals surface area contributed by atoms with E-state index in [0.29, 0.717) is 0 Å². The van der Waals surface area contributed by atoms with E-state index in [1.807, 2.05) is 0 Å². The van der Waals surface area contributed by atoms with Crippen LogP contribution in [-0.2, 0) is 30.1 Å². The van der Waals surface area contributed by atoms with Crippen molar-refractivity contribution in [3.63, 3.8) is 0 Å². The third-order valence-corrected chi connectivity index (χ3v) is 6.54. The number of hydrogen-bond acceptors (Lipinski definition) is 1. The molecule has 2 aliphatic rings. The molecule has 0 radical (unpaired) electrons. The van der Waals surface area contributed by atoms with Crippen molar-refractivity contribution in [3.8, 4) is 16.9 Å². The fourth-order valence-corrected chi connectivity index (χ4v) is 5.53. The van der Waals surface area contributed by atoms with Gasteiger partial charge < -0.3 is 4.74 Å². The van der Waals surface area contributed by atoms with E-state index >= 15 is 0 Å². The summed E-state index contributed by atoms with van der Waals surface area (Å²) in [5.41, 5.74) is 13.4. The summed E-state index contributed by atoms with van der Waals surface area (Å²) in [7, 11) is 1.81. The fraction of sp³-hybridized carbons (Fsp3) is 0.500. The number of fused-ring (bicyclic) bond motifs is 2. The Hall–Kier alpha value is -2.02. The van der Waals surface area contributed by atoms with Gasteiger partial charge >= 0.3 is 0 Å². The van der Waals surface area contributed by atoms with Crippen LogP contribution in [0.2, 0.25) is 0 Å². The molecule has 0 bridgehead atoms. The van der Waals surface area contributed by atoms with Crippen molar-refractivity contribution in [2.75, 3.05) is 7.11 Å². The molecule has 0 unspecified atom stereocenters. The van der Waals surface area contributed by atoms with Crippen molar-refractivity contribution >= 4 is 6.08 Å². The molecule has 0 aliphatic heterocycles. The zero-order valence-corrected chi connectivity index (χ0v) is 19.5. The van der Waals surface area contributed by atoms with Crippen molar-refractivity contribution in [3.05, 3.63) is 57.2 Å². The Morgan fingerprint density at radius 3 is 2.17 bits per heavy atom. The lowest BCUT2D eigenvalue weighted by Crippen LogP contribution is -2.24. The van der Waals surface area contributed by atoms with Gasteiger partial charge in [0.05, 0.1) is 7.11 Å². The first-order valence-electron chi connectivity index (χ1n) is 11.1. The maximum absolute atomic E-state index is 5.89. The normalized spacial score (nSPS) is 15.9. The topological polar surface area (TPSA) is 9.23 Å². The monoisotopic (exact) mass is 388 g/mol. The van der Waals surface area contributed by atoms with Gasteiger partial charge in [0, 0.05) is 5.56 Å². The van der Waals surface area contributed by atoms with E-state index in [1.165, 1.54) is 58.2 Å². The number of aryl methyl sites for hydroxylation is 1. The second-order valence-electron chi connectivity index (χ2n) is 11.0. The summed E-state index contributed by atoms with van der Waals surface area (Å²) in [5, 5.41) is 0. The summed E-state index contributed by atoms with van der Waals surface area (Å²) in [6, 6.07) is 7.04. The molecule has 0 aromatic heterocycles. The minimum Gasteiger partial charge on any atom is -0.496 e. The average molecular weight is 389 g/mol. The van der Waals surface area contributed by atoms with E-state index in [-0.39, 0.29) is 10.8 Å². The van der Waals surface area contributed by atoms with Crippen molar-refractivity contribution in [1.82, 2.24) is 0 Å². The molecule has 29 heavy (non-hydrogen) atoms.